The van der Waals surface area contributed by atoms with E-state index in [1.165, 1.54) is 11.6 Å². The van der Waals surface area contributed by atoms with Crippen molar-refractivity contribution in [1.82, 2.24) is 5.32 Å². The second-order valence-electron chi connectivity index (χ2n) is 6.16. The number of amides is 1. The van der Waals surface area contributed by atoms with Gasteiger partial charge in [-0.1, -0.05) is 60.2 Å². The van der Waals surface area contributed by atoms with Gasteiger partial charge < -0.3 is 5.32 Å². The molecule has 4 heteroatoms. The van der Waals surface area contributed by atoms with Gasteiger partial charge in [0.1, 0.15) is 0 Å². The van der Waals surface area contributed by atoms with Gasteiger partial charge in [-0.05, 0) is 60.1 Å². The zero-order chi connectivity index (χ0) is 18.5. The van der Waals surface area contributed by atoms with Crippen molar-refractivity contribution in [3.05, 3.63) is 83.4 Å². The van der Waals surface area contributed by atoms with Gasteiger partial charge in [-0.25, -0.2) is 0 Å². The summed E-state index contributed by atoms with van der Waals surface area (Å²) in [4.78, 5) is 12.2. The van der Waals surface area contributed by atoms with E-state index in [4.69, 9.17) is 12.2 Å². The Balaban J connectivity index is 1.66. The Morgan fingerprint density at radius 2 is 1.77 bits per heavy atom. The zero-order valence-electron chi connectivity index (χ0n) is 14.7. The number of thiocarbonyl (C=S) groups is 1. The summed E-state index contributed by atoms with van der Waals surface area (Å²) in [6, 6.07) is 20.1. The normalized spacial score (nSPS) is 10.8. The van der Waals surface area contributed by atoms with Gasteiger partial charge in [0.2, 0.25) is 5.91 Å². The third-order valence-electron chi connectivity index (χ3n) is 4.10. The highest BCUT2D eigenvalue weighted by molar-refractivity contribution is 7.80. The van der Waals surface area contributed by atoms with Crippen molar-refractivity contribution < 1.29 is 4.79 Å². The molecule has 0 aliphatic rings. The standard InChI is InChI=1S/C22H20N2OS/c1-15-10-12-20(16(2)14-15)23-22(26)24-21(25)13-11-18-8-5-7-17-6-3-4-9-19(17)18/h3-14H,1-2H3,(H2,23,24,25,26)/b13-11+. The Bertz CT molecular complexity index is 1000. The molecule has 0 radical (unpaired) electrons. The first-order valence-corrected chi connectivity index (χ1v) is 8.79. The molecule has 0 saturated heterocycles. The van der Waals surface area contributed by atoms with E-state index in [-0.39, 0.29) is 11.0 Å². The summed E-state index contributed by atoms with van der Waals surface area (Å²) in [7, 11) is 0. The van der Waals surface area contributed by atoms with E-state index >= 15 is 0 Å². The summed E-state index contributed by atoms with van der Waals surface area (Å²) in [6.45, 7) is 4.04. The molecule has 0 heterocycles. The highest BCUT2D eigenvalue weighted by Crippen LogP contribution is 2.19. The van der Waals surface area contributed by atoms with Crippen LogP contribution in [0.1, 0.15) is 16.7 Å². The molecule has 3 aromatic carbocycles. The molecule has 1 amide bonds. The molecule has 0 fully saturated rings. The molecule has 130 valence electrons. The van der Waals surface area contributed by atoms with Crippen molar-refractivity contribution in [2.75, 3.05) is 5.32 Å². The van der Waals surface area contributed by atoms with Crippen LogP contribution in [-0.2, 0) is 4.79 Å². The largest absolute Gasteiger partial charge is 0.332 e. The third-order valence-corrected chi connectivity index (χ3v) is 4.31. The highest BCUT2D eigenvalue weighted by Gasteiger charge is 2.04. The summed E-state index contributed by atoms with van der Waals surface area (Å²) in [6.07, 6.45) is 3.30. The minimum atomic E-state index is -0.264. The summed E-state index contributed by atoms with van der Waals surface area (Å²) < 4.78 is 0. The number of fused-ring (bicyclic) bond motifs is 1. The quantitative estimate of drug-likeness (QED) is 0.511. The molecule has 3 rings (SSSR count). The van der Waals surface area contributed by atoms with E-state index in [0.717, 1.165) is 27.6 Å². The van der Waals surface area contributed by atoms with Gasteiger partial charge >= 0.3 is 0 Å². The van der Waals surface area contributed by atoms with Gasteiger partial charge in [0.15, 0.2) is 5.11 Å². The molecule has 0 bridgehead atoms. The van der Waals surface area contributed by atoms with Crippen molar-refractivity contribution in [3.63, 3.8) is 0 Å². The Kier molecular flexibility index (Phi) is 5.44. The van der Waals surface area contributed by atoms with Crippen LogP contribution in [-0.4, -0.2) is 11.0 Å². The minimum absolute atomic E-state index is 0.264. The summed E-state index contributed by atoms with van der Waals surface area (Å²) in [5, 5.41) is 8.27. The summed E-state index contributed by atoms with van der Waals surface area (Å²) >= 11 is 5.24. The molecule has 0 aliphatic carbocycles. The van der Waals surface area contributed by atoms with E-state index in [1.807, 2.05) is 56.3 Å². The van der Waals surface area contributed by atoms with Crippen LogP contribution in [0.3, 0.4) is 0 Å². The molecule has 3 aromatic rings. The number of aryl methyl sites for hydroxylation is 2. The van der Waals surface area contributed by atoms with Crippen molar-refractivity contribution in [2.45, 2.75) is 13.8 Å². The molecule has 0 unspecified atom stereocenters. The fourth-order valence-electron chi connectivity index (χ4n) is 2.82. The molecule has 0 spiro atoms. The van der Waals surface area contributed by atoms with Gasteiger partial charge in [-0.2, -0.15) is 0 Å². The lowest BCUT2D eigenvalue weighted by Gasteiger charge is -2.11. The van der Waals surface area contributed by atoms with Crippen molar-refractivity contribution >= 4 is 45.8 Å². The van der Waals surface area contributed by atoms with Gasteiger partial charge in [-0.3, -0.25) is 10.1 Å². The maximum atomic E-state index is 12.2. The molecule has 0 aliphatic heterocycles. The van der Waals surface area contributed by atoms with E-state index < -0.39 is 0 Å². The van der Waals surface area contributed by atoms with Gasteiger partial charge in [0.25, 0.3) is 0 Å². The van der Waals surface area contributed by atoms with Gasteiger partial charge in [0.05, 0.1) is 0 Å². The lowest BCUT2D eigenvalue weighted by molar-refractivity contribution is -0.115. The number of benzene rings is 3. The molecule has 2 N–H and O–H groups in total. The number of nitrogens with one attached hydrogen (secondary N) is 2. The minimum Gasteiger partial charge on any atom is -0.332 e. The number of anilines is 1. The Labute approximate surface area is 158 Å². The first-order chi connectivity index (χ1) is 12.5. The number of rotatable bonds is 3. The fraction of sp³-hybridized carbons (Fsp3) is 0.0909. The summed E-state index contributed by atoms with van der Waals surface area (Å²) in [5.41, 5.74) is 4.14. The van der Waals surface area contributed by atoms with Crippen LogP contribution in [0.25, 0.3) is 16.8 Å². The van der Waals surface area contributed by atoms with Crippen molar-refractivity contribution in [2.24, 2.45) is 0 Å². The third kappa shape index (κ3) is 4.35. The predicted molar refractivity (Wildman–Crippen MR) is 113 cm³/mol. The van der Waals surface area contributed by atoms with Crippen molar-refractivity contribution in [1.29, 1.82) is 0 Å². The Hall–Kier alpha value is -2.98. The second kappa shape index (κ2) is 7.93. The Morgan fingerprint density at radius 1 is 1.00 bits per heavy atom. The van der Waals surface area contributed by atoms with Crippen LogP contribution in [0.15, 0.2) is 66.7 Å². The molecule has 3 nitrogen and oxygen atoms in total. The molecule has 0 saturated carbocycles. The number of hydrogen-bond donors (Lipinski definition) is 2. The average Bonchev–Trinajstić information content (AvgIpc) is 2.62. The number of carbonyl (C=O) groups is 1. The Morgan fingerprint density at radius 3 is 2.58 bits per heavy atom. The van der Waals surface area contributed by atoms with Crippen LogP contribution in [0.2, 0.25) is 0 Å². The molecule has 0 atom stereocenters. The predicted octanol–water partition coefficient (Wildman–Crippen LogP) is 4.98. The van der Waals surface area contributed by atoms with E-state index in [2.05, 4.69) is 28.8 Å². The van der Waals surface area contributed by atoms with Gasteiger partial charge in [-0.15, -0.1) is 0 Å². The number of hydrogen-bond acceptors (Lipinski definition) is 2. The fourth-order valence-corrected chi connectivity index (χ4v) is 3.03. The SMILES string of the molecule is Cc1ccc(NC(=S)NC(=O)/C=C/c2cccc3ccccc23)c(C)c1. The maximum Gasteiger partial charge on any atom is 0.250 e. The highest BCUT2D eigenvalue weighted by atomic mass is 32.1. The van der Waals surface area contributed by atoms with Crippen LogP contribution in [0.5, 0.6) is 0 Å². The van der Waals surface area contributed by atoms with Gasteiger partial charge in [0, 0.05) is 11.8 Å². The molecule has 26 heavy (non-hydrogen) atoms. The van der Waals surface area contributed by atoms with Crippen LogP contribution < -0.4 is 10.6 Å². The van der Waals surface area contributed by atoms with Crippen LogP contribution in [0, 0.1) is 13.8 Å². The van der Waals surface area contributed by atoms with E-state index in [0.29, 0.717) is 0 Å². The van der Waals surface area contributed by atoms with E-state index in [9.17, 15) is 4.79 Å². The maximum absolute atomic E-state index is 12.2. The van der Waals surface area contributed by atoms with Crippen LogP contribution >= 0.6 is 12.2 Å². The molecular weight excluding hydrogens is 340 g/mol. The molecular formula is C22H20N2OS. The lowest BCUT2D eigenvalue weighted by atomic mass is 10.0. The van der Waals surface area contributed by atoms with Crippen molar-refractivity contribution in [3.8, 4) is 0 Å². The first kappa shape index (κ1) is 17.8. The first-order valence-electron chi connectivity index (χ1n) is 8.38. The average molecular weight is 360 g/mol. The topological polar surface area (TPSA) is 41.1 Å². The van der Waals surface area contributed by atoms with Crippen LogP contribution in [0.4, 0.5) is 5.69 Å². The summed E-state index contributed by atoms with van der Waals surface area (Å²) in [5.74, 6) is -0.264. The second-order valence-corrected chi connectivity index (χ2v) is 6.57. The smallest absolute Gasteiger partial charge is 0.250 e. The van der Waals surface area contributed by atoms with E-state index in [1.54, 1.807) is 6.08 Å². The molecule has 0 aromatic heterocycles. The zero-order valence-corrected chi connectivity index (χ0v) is 15.6. The lowest BCUT2D eigenvalue weighted by Crippen LogP contribution is -2.33. The monoisotopic (exact) mass is 360 g/mol. The number of carbonyl (C=O) groups excluding carboxylic acids is 1.